The topological polar surface area (TPSA) is 104 Å². The number of carbonyl (C=O) groups excluding carboxylic acids is 3. The predicted molar refractivity (Wildman–Crippen MR) is 159 cm³/mol. The van der Waals surface area contributed by atoms with Gasteiger partial charge in [0, 0.05) is 36.1 Å². The number of carbonyl (C=O) groups is 3. The molecule has 0 bridgehead atoms. The van der Waals surface area contributed by atoms with Gasteiger partial charge in [-0.25, -0.2) is 9.78 Å². The van der Waals surface area contributed by atoms with Crippen LogP contribution in [0.4, 0.5) is 5.69 Å². The first-order chi connectivity index (χ1) is 19.8. The molecule has 0 unspecified atom stereocenters. The number of aryl methyl sites for hydroxylation is 1. The number of nitrogens with one attached hydrogen (secondary N) is 1. The molecule has 216 valence electrons. The van der Waals surface area contributed by atoms with Crippen molar-refractivity contribution in [2.45, 2.75) is 51.6 Å². The maximum atomic E-state index is 13.5. The number of amides is 1. The number of hydrogen-bond acceptors (Lipinski definition) is 7. The number of esters is 2. The fraction of sp³-hybridized carbons (Fsp3) is 0.333. The molecule has 41 heavy (non-hydrogen) atoms. The minimum absolute atomic E-state index is 0.0290. The van der Waals surface area contributed by atoms with Crippen molar-refractivity contribution >= 4 is 46.5 Å². The summed E-state index contributed by atoms with van der Waals surface area (Å²) in [5.74, 6) is -0.329. The maximum absolute atomic E-state index is 13.5. The molecule has 0 aliphatic rings. The molecule has 1 aromatic carbocycles. The number of ether oxygens (including phenoxy) is 2. The van der Waals surface area contributed by atoms with Crippen molar-refractivity contribution in [2.24, 2.45) is 0 Å². The van der Waals surface area contributed by atoms with E-state index < -0.39 is 12.0 Å². The lowest BCUT2D eigenvalue weighted by Gasteiger charge is -2.20. The summed E-state index contributed by atoms with van der Waals surface area (Å²) in [6, 6.07) is 14.1. The Morgan fingerprint density at radius 3 is 2.51 bits per heavy atom. The van der Waals surface area contributed by atoms with Crippen molar-refractivity contribution in [2.75, 3.05) is 19.5 Å². The highest BCUT2D eigenvalue weighted by Gasteiger charge is 2.26. The van der Waals surface area contributed by atoms with Crippen LogP contribution in [0, 0.1) is 0 Å². The van der Waals surface area contributed by atoms with Crippen LogP contribution in [0.5, 0.6) is 0 Å². The number of aromatic nitrogens is 3. The van der Waals surface area contributed by atoms with Gasteiger partial charge in [0.1, 0.15) is 17.6 Å². The molecule has 0 saturated heterocycles. The van der Waals surface area contributed by atoms with E-state index in [9.17, 15) is 14.4 Å². The van der Waals surface area contributed by atoms with Gasteiger partial charge in [0.2, 0.25) is 5.91 Å². The Morgan fingerprint density at radius 1 is 1.07 bits per heavy atom. The number of hydrogen-bond donors (Lipinski definition) is 1. The Labute approximate surface area is 248 Å². The van der Waals surface area contributed by atoms with Crippen LogP contribution in [0.1, 0.15) is 58.3 Å². The van der Waals surface area contributed by atoms with Crippen LogP contribution < -0.4 is 5.32 Å². The lowest BCUT2D eigenvalue weighted by Crippen LogP contribution is -2.29. The molecule has 1 N–H and O–H groups in total. The summed E-state index contributed by atoms with van der Waals surface area (Å²) in [5, 5.41) is 5.26. The van der Waals surface area contributed by atoms with Gasteiger partial charge in [-0.2, -0.15) is 0 Å². The zero-order chi connectivity index (χ0) is 29.4. The van der Waals surface area contributed by atoms with Gasteiger partial charge in [-0.15, -0.1) is 11.3 Å². The van der Waals surface area contributed by atoms with Gasteiger partial charge in [-0.3, -0.25) is 9.59 Å². The van der Waals surface area contributed by atoms with Crippen molar-refractivity contribution in [1.29, 1.82) is 0 Å². The third kappa shape index (κ3) is 7.45. The van der Waals surface area contributed by atoms with Crippen molar-refractivity contribution in [1.82, 2.24) is 14.1 Å². The van der Waals surface area contributed by atoms with Crippen molar-refractivity contribution in [3.8, 4) is 0 Å². The van der Waals surface area contributed by atoms with Crippen LogP contribution in [0.3, 0.4) is 0 Å². The quantitative estimate of drug-likeness (QED) is 0.198. The first kappa shape index (κ1) is 30.1. The van der Waals surface area contributed by atoms with Gasteiger partial charge in [-0.1, -0.05) is 43.1 Å². The highest BCUT2D eigenvalue weighted by atomic mass is 35.5. The number of imidazole rings is 1. The number of benzene rings is 1. The Morgan fingerprint density at radius 2 is 1.85 bits per heavy atom. The van der Waals surface area contributed by atoms with E-state index >= 15 is 0 Å². The largest absolute Gasteiger partial charge is 0.469 e. The van der Waals surface area contributed by atoms with Gasteiger partial charge in [0.15, 0.2) is 5.15 Å². The molecule has 0 radical (unpaired) electrons. The fourth-order valence-electron chi connectivity index (χ4n) is 4.58. The minimum Gasteiger partial charge on any atom is -0.469 e. The molecule has 4 rings (SSSR count). The van der Waals surface area contributed by atoms with Crippen LogP contribution in [0.25, 0.3) is 0 Å². The standard InChI is InChI=1S/C30H33ClN4O5S/c1-4-5-10-26-33-28(31)24(18-27(36)39-2)35(26)19-20-11-13-21(14-12-20)32-29(37)25(17-22-8-7-16-41-22)34-15-6-9-23(34)30(38)40-3/h6-9,11-16,25H,4-5,10,17-19H2,1-3H3,(H,32,37)/t25-/m0/s1. The van der Waals surface area contributed by atoms with Crippen LogP contribution in [-0.4, -0.2) is 46.2 Å². The highest BCUT2D eigenvalue weighted by Crippen LogP contribution is 2.25. The number of unbranched alkanes of at least 4 members (excludes halogenated alkanes) is 1. The third-order valence-electron chi connectivity index (χ3n) is 6.74. The van der Waals surface area contributed by atoms with Crippen molar-refractivity contribution in [3.63, 3.8) is 0 Å². The number of nitrogens with zero attached hydrogens (tertiary/aromatic N) is 3. The summed E-state index contributed by atoms with van der Waals surface area (Å²) < 4.78 is 13.4. The molecule has 0 aliphatic carbocycles. The minimum atomic E-state index is -0.660. The van der Waals surface area contributed by atoms with Crippen molar-refractivity contribution in [3.05, 3.63) is 92.9 Å². The van der Waals surface area contributed by atoms with Crippen LogP contribution >= 0.6 is 22.9 Å². The lowest BCUT2D eigenvalue weighted by molar-refractivity contribution is -0.139. The van der Waals surface area contributed by atoms with Gasteiger partial charge < -0.3 is 23.9 Å². The van der Waals surface area contributed by atoms with Gasteiger partial charge in [0.25, 0.3) is 0 Å². The summed E-state index contributed by atoms with van der Waals surface area (Å²) in [5.41, 5.74) is 2.49. The van der Waals surface area contributed by atoms with E-state index in [1.165, 1.54) is 14.2 Å². The molecule has 3 heterocycles. The molecule has 1 atom stereocenters. The average Bonchev–Trinajstić information content (AvgIpc) is 3.73. The van der Waals surface area contributed by atoms with E-state index in [0.29, 0.717) is 35.2 Å². The Kier molecular flexibility index (Phi) is 10.4. The van der Waals surface area contributed by atoms with Gasteiger partial charge in [0.05, 0.1) is 26.3 Å². The van der Waals surface area contributed by atoms with E-state index in [2.05, 4.69) is 17.2 Å². The molecule has 0 aliphatic heterocycles. The number of rotatable bonds is 13. The Bertz CT molecular complexity index is 1480. The first-order valence-electron chi connectivity index (χ1n) is 13.3. The zero-order valence-corrected chi connectivity index (χ0v) is 24.8. The molecule has 1 amide bonds. The summed E-state index contributed by atoms with van der Waals surface area (Å²) in [7, 11) is 2.66. The number of thiophene rings is 1. The normalized spacial score (nSPS) is 11.7. The number of anilines is 1. The van der Waals surface area contributed by atoms with E-state index in [0.717, 1.165) is 35.5 Å². The van der Waals surface area contributed by atoms with E-state index in [1.807, 2.05) is 46.3 Å². The lowest BCUT2D eigenvalue weighted by atomic mass is 10.1. The van der Waals surface area contributed by atoms with Gasteiger partial charge in [-0.05, 0) is 47.7 Å². The molecule has 0 spiro atoms. The SMILES string of the molecule is CCCCc1nc(Cl)c(CC(=O)OC)n1Cc1ccc(NC(=O)[C@H](Cc2cccs2)n2cccc2C(=O)OC)cc1. The fourth-order valence-corrected chi connectivity index (χ4v) is 5.59. The molecule has 3 aromatic heterocycles. The summed E-state index contributed by atoms with van der Waals surface area (Å²) in [6.07, 6.45) is 4.85. The molecular weight excluding hydrogens is 564 g/mol. The van der Waals surface area contributed by atoms with E-state index in [1.54, 1.807) is 34.2 Å². The second kappa shape index (κ2) is 14.1. The molecule has 0 fully saturated rings. The zero-order valence-electron chi connectivity index (χ0n) is 23.3. The Hall–Kier alpha value is -3.89. The van der Waals surface area contributed by atoms with Crippen LogP contribution in [0.2, 0.25) is 5.15 Å². The third-order valence-corrected chi connectivity index (χ3v) is 7.95. The van der Waals surface area contributed by atoms with Crippen LogP contribution in [0.15, 0.2) is 60.1 Å². The van der Waals surface area contributed by atoms with E-state index in [-0.39, 0.29) is 18.3 Å². The first-order valence-corrected chi connectivity index (χ1v) is 14.6. The molecule has 0 saturated carbocycles. The summed E-state index contributed by atoms with van der Waals surface area (Å²) >= 11 is 7.98. The van der Waals surface area contributed by atoms with Crippen molar-refractivity contribution < 1.29 is 23.9 Å². The molecular formula is C30H33ClN4O5S. The molecule has 11 heteroatoms. The smallest absolute Gasteiger partial charge is 0.354 e. The second-order valence-electron chi connectivity index (χ2n) is 9.49. The monoisotopic (exact) mass is 596 g/mol. The maximum Gasteiger partial charge on any atom is 0.354 e. The van der Waals surface area contributed by atoms with E-state index in [4.69, 9.17) is 21.1 Å². The molecule has 4 aromatic rings. The summed E-state index contributed by atoms with van der Waals surface area (Å²) in [4.78, 5) is 43.5. The summed E-state index contributed by atoms with van der Waals surface area (Å²) in [6.45, 7) is 2.57. The molecule has 9 nitrogen and oxygen atoms in total. The Balaban J connectivity index is 1.54. The highest BCUT2D eigenvalue weighted by molar-refractivity contribution is 7.09. The number of halogens is 1. The predicted octanol–water partition coefficient (Wildman–Crippen LogP) is 5.72. The van der Waals surface area contributed by atoms with Gasteiger partial charge >= 0.3 is 11.9 Å². The second-order valence-corrected chi connectivity index (χ2v) is 10.9. The average molecular weight is 597 g/mol. The number of methoxy groups -OCH3 is 2. The van der Waals surface area contributed by atoms with Crippen LogP contribution in [-0.2, 0) is 44.9 Å².